The summed E-state index contributed by atoms with van der Waals surface area (Å²) in [6.45, 7) is 2.21. The molecule has 1 unspecified atom stereocenters. The fourth-order valence-electron chi connectivity index (χ4n) is 1.70. The molecule has 0 bridgehead atoms. The number of thiophene rings is 1. The van der Waals surface area contributed by atoms with Crippen molar-refractivity contribution in [2.75, 3.05) is 7.11 Å². The van der Waals surface area contributed by atoms with Crippen LogP contribution < -0.4 is 9.75 Å². The highest BCUT2D eigenvalue weighted by molar-refractivity contribution is 7.10. The summed E-state index contributed by atoms with van der Waals surface area (Å²) >= 11 is 1.71. The van der Waals surface area contributed by atoms with Crippen LogP contribution in [0.1, 0.15) is 18.2 Å². The molecular weight excluding hydrogens is 220 g/mol. The third-order valence-electron chi connectivity index (χ3n) is 2.53. The Morgan fingerprint density at radius 1 is 1.62 bits per heavy atom. The molecule has 1 aliphatic carbocycles. The summed E-state index contributed by atoms with van der Waals surface area (Å²) < 4.78 is 5.86. The predicted molar refractivity (Wildman–Crippen MR) is 67.3 cm³/mol. The average molecular weight is 234 g/mol. The van der Waals surface area contributed by atoms with E-state index in [2.05, 4.69) is 29.9 Å². The van der Waals surface area contributed by atoms with Crippen molar-refractivity contribution in [1.29, 1.82) is 0 Å². The summed E-state index contributed by atoms with van der Waals surface area (Å²) in [7, 11) is 1.38. The molecule has 1 heterocycles. The first-order chi connectivity index (χ1) is 7.69. The van der Waals surface area contributed by atoms with E-state index in [1.165, 1.54) is 22.9 Å². The van der Waals surface area contributed by atoms with Crippen LogP contribution in [0.3, 0.4) is 0 Å². The zero-order chi connectivity index (χ0) is 11.5. The molecule has 2 rings (SSSR count). The van der Waals surface area contributed by atoms with Gasteiger partial charge in [-0.1, -0.05) is 19.1 Å². The molecule has 0 saturated carbocycles. The van der Waals surface area contributed by atoms with Crippen molar-refractivity contribution in [3.05, 3.63) is 26.8 Å². The number of hydrogen-bond acceptors (Lipinski definition) is 3. The first-order valence-electron chi connectivity index (χ1n) is 5.27. The van der Waals surface area contributed by atoms with E-state index in [1.807, 2.05) is 0 Å². The van der Waals surface area contributed by atoms with Crippen LogP contribution >= 0.6 is 11.3 Å². The Kier molecular flexibility index (Phi) is 3.25. The maximum absolute atomic E-state index is 11.0. The van der Waals surface area contributed by atoms with Crippen LogP contribution in [-0.2, 0) is 9.53 Å². The number of methoxy groups -OCH3 is 1. The van der Waals surface area contributed by atoms with Crippen molar-refractivity contribution in [2.45, 2.75) is 13.3 Å². The minimum Gasteiger partial charge on any atom is -0.466 e. The van der Waals surface area contributed by atoms with Crippen LogP contribution in [0.4, 0.5) is 0 Å². The third-order valence-corrected chi connectivity index (χ3v) is 3.65. The summed E-state index contributed by atoms with van der Waals surface area (Å²) in [5.41, 5.74) is 0. The van der Waals surface area contributed by atoms with Crippen LogP contribution in [0.15, 0.2) is 12.1 Å². The van der Waals surface area contributed by atoms with E-state index in [1.54, 1.807) is 17.4 Å². The molecule has 0 fully saturated rings. The largest absolute Gasteiger partial charge is 0.466 e. The summed E-state index contributed by atoms with van der Waals surface area (Å²) in [4.78, 5) is 12.1. The van der Waals surface area contributed by atoms with Gasteiger partial charge < -0.3 is 4.74 Å². The molecule has 1 aromatic rings. The Morgan fingerprint density at radius 3 is 3.19 bits per heavy atom. The molecule has 0 amide bonds. The highest BCUT2D eigenvalue weighted by Gasteiger charge is 2.04. The van der Waals surface area contributed by atoms with E-state index < -0.39 is 0 Å². The molecule has 0 aliphatic heterocycles. The van der Waals surface area contributed by atoms with Crippen molar-refractivity contribution in [2.24, 2.45) is 5.92 Å². The predicted octanol–water partition coefficient (Wildman–Crippen LogP) is 1.54. The first-order valence-corrected chi connectivity index (χ1v) is 6.08. The van der Waals surface area contributed by atoms with E-state index in [0.29, 0.717) is 5.92 Å². The molecule has 1 aliphatic rings. The van der Waals surface area contributed by atoms with Gasteiger partial charge in [-0.15, -0.1) is 11.3 Å². The lowest BCUT2D eigenvalue weighted by molar-refractivity contribution is -0.134. The molecule has 2 nitrogen and oxygen atoms in total. The van der Waals surface area contributed by atoms with Gasteiger partial charge in [-0.2, -0.15) is 0 Å². The Labute approximate surface area is 98.6 Å². The number of fused-ring (bicyclic) bond motifs is 1. The van der Waals surface area contributed by atoms with E-state index in [0.717, 1.165) is 11.3 Å². The fraction of sp³-hybridized carbons (Fsp3) is 0.308. The standard InChI is InChI=1S/C13H14O2S/c1-9-3-5-12-10(7-9)8-11(16-12)4-6-13(14)15-2/h4-9H,3H2,1-2H3/b6-4+. The fourth-order valence-corrected chi connectivity index (χ4v) is 2.70. The Morgan fingerprint density at radius 2 is 2.44 bits per heavy atom. The van der Waals surface area contributed by atoms with Crippen LogP contribution in [0, 0.1) is 5.92 Å². The molecule has 0 aromatic carbocycles. The summed E-state index contributed by atoms with van der Waals surface area (Å²) in [5.74, 6) is 0.298. The van der Waals surface area contributed by atoms with E-state index in [9.17, 15) is 4.79 Å². The van der Waals surface area contributed by atoms with Gasteiger partial charge in [-0.3, -0.25) is 0 Å². The van der Waals surface area contributed by atoms with Gasteiger partial charge in [0.2, 0.25) is 0 Å². The monoisotopic (exact) mass is 234 g/mol. The second-order valence-corrected chi connectivity index (χ2v) is 5.02. The maximum atomic E-state index is 11.0. The quantitative estimate of drug-likeness (QED) is 0.573. The molecule has 0 N–H and O–H groups in total. The van der Waals surface area contributed by atoms with Gasteiger partial charge in [-0.05, 0) is 29.7 Å². The maximum Gasteiger partial charge on any atom is 0.330 e. The Hall–Kier alpha value is -1.35. The van der Waals surface area contributed by atoms with Crippen molar-refractivity contribution in [3.63, 3.8) is 0 Å². The SMILES string of the molecule is COC(=O)/C=C/c1cc2c(s1)=CCC(C)C=2. The average Bonchev–Trinajstić information content (AvgIpc) is 2.67. The Balaban J connectivity index is 2.30. The molecule has 0 saturated heterocycles. The summed E-state index contributed by atoms with van der Waals surface area (Å²) in [6.07, 6.45) is 8.91. The molecule has 0 spiro atoms. The van der Waals surface area contributed by atoms with Gasteiger partial charge in [0.1, 0.15) is 0 Å². The van der Waals surface area contributed by atoms with Crippen LogP contribution in [0.25, 0.3) is 18.2 Å². The number of carbonyl (C=O) groups is 1. The zero-order valence-corrected chi connectivity index (χ0v) is 10.2. The van der Waals surface area contributed by atoms with E-state index >= 15 is 0 Å². The van der Waals surface area contributed by atoms with Gasteiger partial charge in [0.05, 0.1) is 7.11 Å². The van der Waals surface area contributed by atoms with E-state index in [4.69, 9.17) is 0 Å². The van der Waals surface area contributed by atoms with Crippen molar-refractivity contribution in [1.82, 2.24) is 0 Å². The van der Waals surface area contributed by atoms with Gasteiger partial charge >= 0.3 is 5.97 Å². The van der Waals surface area contributed by atoms with Gasteiger partial charge in [0.25, 0.3) is 0 Å². The lowest BCUT2D eigenvalue weighted by atomic mass is 10.0. The van der Waals surface area contributed by atoms with Crippen LogP contribution in [0.5, 0.6) is 0 Å². The number of rotatable bonds is 2. The van der Waals surface area contributed by atoms with E-state index in [-0.39, 0.29) is 5.97 Å². The zero-order valence-electron chi connectivity index (χ0n) is 9.40. The first kappa shape index (κ1) is 11.1. The molecular formula is C13H14O2S. The molecule has 1 atom stereocenters. The number of ether oxygens (including phenoxy) is 1. The minimum atomic E-state index is -0.312. The van der Waals surface area contributed by atoms with Crippen LogP contribution in [0.2, 0.25) is 0 Å². The summed E-state index contributed by atoms with van der Waals surface area (Å²) in [5, 5.41) is 1.29. The van der Waals surface area contributed by atoms with Gasteiger partial charge in [0, 0.05) is 15.5 Å². The number of esters is 1. The van der Waals surface area contributed by atoms with Gasteiger partial charge in [0.15, 0.2) is 0 Å². The molecule has 1 aromatic heterocycles. The molecule has 84 valence electrons. The second kappa shape index (κ2) is 4.66. The number of carbonyl (C=O) groups excluding carboxylic acids is 1. The smallest absolute Gasteiger partial charge is 0.330 e. The highest BCUT2D eigenvalue weighted by Crippen LogP contribution is 2.10. The third kappa shape index (κ3) is 2.42. The summed E-state index contributed by atoms with van der Waals surface area (Å²) in [6, 6.07) is 2.12. The lowest BCUT2D eigenvalue weighted by Crippen LogP contribution is -2.22. The number of hydrogen-bond donors (Lipinski definition) is 0. The highest BCUT2D eigenvalue weighted by atomic mass is 32.1. The second-order valence-electron chi connectivity index (χ2n) is 3.91. The molecule has 3 heteroatoms. The minimum absolute atomic E-state index is 0.312. The van der Waals surface area contributed by atoms with Gasteiger partial charge in [-0.25, -0.2) is 4.79 Å². The lowest BCUT2D eigenvalue weighted by Gasteiger charge is -2.03. The molecule has 16 heavy (non-hydrogen) atoms. The normalized spacial score (nSPS) is 18.8. The van der Waals surface area contributed by atoms with Crippen molar-refractivity contribution in [3.8, 4) is 0 Å². The van der Waals surface area contributed by atoms with Crippen molar-refractivity contribution >= 4 is 35.5 Å². The topological polar surface area (TPSA) is 26.3 Å². The Bertz CT molecular complexity index is 537. The molecule has 0 radical (unpaired) electrons. The van der Waals surface area contributed by atoms with Crippen molar-refractivity contribution < 1.29 is 9.53 Å². The van der Waals surface area contributed by atoms with Crippen LogP contribution in [-0.4, -0.2) is 13.1 Å².